The number of para-hydroxylation sites is 7. The van der Waals surface area contributed by atoms with Crippen LogP contribution in [0.3, 0.4) is 0 Å². The predicted octanol–water partition coefficient (Wildman–Crippen LogP) is 22.1. The van der Waals surface area contributed by atoms with Gasteiger partial charge >= 0.3 is 0 Å². The van der Waals surface area contributed by atoms with Crippen molar-refractivity contribution in [2.75, 3.05) is 24.5 Å². The molecular formula is C96H65B2N5S. The minimum Gasteiger partial charge on any atom is -0.311 e. The Morgan fingerprint density at radius 1 is 0.212 bits per heavy atom. The Morgan fingerprint density at radius 3 is 1.13 bits per heavy atom. The summed E-state index contributed by atoms with van der Waals surface area (Å²) in [6.45, 7) is -0.348. The Hall–Kier alpha value is -13.0. The fraction of sp³-hybridized carbons (Fsp3) is 0. The van der Waals surface area contributed by atoms with Gasteiger partial charge in [0.2, 0.25) is 6.71 Å². The lowest BCUT2D eigenvalue weighted by Crippen LogP contribution is -2.64. The first kappa shape index (κ1) is 60.9. The van der Waals surface area contributed by atoms with Crippen LogP contribution >= 0.6 is 11.8 Å². The van der Waals surface area contributed by atoms with E-state index in [1.807, 2.05) is 11.8 Å². The molecule has 4 heterocycles. The van der Waals surface area contributed by atoms with Crippen molar-refractivity contribution >= 4 is 143 Å². The summed E-state index contributed by atoms with van der Waals surface area (Å²) in [4.78, 5) is 15.1. The van der Waals surface area contributed by atoms with Crippen molar-refractivity contribution in [3.8, 4) is 44.5 Å². The maximum Gasteiger partial charge on any atom is 0.252 e. The van der Waals surface area contributed by atoms with Crippen LogP contribution in [-0.2, 0) is 0 Å². The Labute approximate surface area is 612 Å². The summed E-state index contributed by atoms with van der Waals surface area (Å²) in [5, 5.41) is 0. The van der Waals surface area contributed by atoms with E-state index in [-0.39, 0.29) is 13.4 Å². The van der Waals surface area contributed by atoms with E-state index in [9.17, 15) is 0 Å². The van der Waals surface area contributed by atoms with Gasteiger partial charge in [-0.25, -0.2) is 0 Å². The summed E-state index contributed by atoms with van der Waals surface area (Å²) >= 11 is 1.91. The van der Waals surface area contributed by atoms with Gasteiger partial charge in [0, 0.05) is 94.9 Å². The van der Waals surface area contributed by atoms with Crippen molar-refractivity contribution in [1.82, 2.24) is 0 Å². The number of fused-ring (bicyclic) bond motifs is 8. The van der Waals surface area contributed by atoms with Crippen molar-refractivity contribution < 1.29 is 0 Å². The van der Waals surface area contributed by atoms with E-state index in [0.29, 0.717) is 0 Å². The number of rotatable bonds is 13. The van der Waals surface area contributed by atoms with Crippen LogP contribution in [0.15, 0.2) is 404 Å². The van der Waals surface area contributed by atoms with E-state index in [4.69, 9.17) is 0 Å². The van der Waals surface area contributed by atoms with Gasteiger partial charge in [-0.1, -0.05) is 296 Å². The quantitative estimate of drug-likeness (QED) is 0.106. The zero-order chi connectivity index (χ0) is 68.6. The van der Waals surface area contributed by atoms with Crippen LogP contribution < -0.4 is 57.3 Å². The standard InChI is InChI=1S/C96H65B2N5S/c1-9-31-66(32-10-1)68-55-57-76(58-56-68)100(77-48-29-39-71(59-77)67-33-11-2-12-34-67)78-60-89-94-90(61-78)103(96-80(69-35-13-3-14-36-69)49-30-50-81(96)70-37-15-4-16-38-70)88-65-92-85(64-84(88)97(94)82-51-25-27-53-86(82)101(89)74-44-21-7-22-45-74)98-83-52-26-28-54-87(83)102(75-46-23-8-24-47-75)91-62-79(63-93(104-92)95(91)98)99(72-40-17-5-18-41-72)73-42-19-6-20-43-73/h1-65H. The van der Waals surface area contributed by atoms with Gasteiger partial charge in [-0.15, -0.1) is 0 Å². The third kappa shape index (κ3) is 10.3. The number of nitrogens with zero attached hydrogens (tertiary/aromatic N) is 5. The van der Waals surface area contributed by atoms with E-state index in [2.05, 4.69) is 419 Å². The van der Waals surface area contributed by atoms with Gasteiger partial charge < -0.3 is 24.5 Å². The smallest absolute Gasteiger partial charge is 0.252 e. The minimum absolute atomic E-state index is 0.130. The zero-order valence-corrected chi connectivity index (χ0v) is 57.6. The van der Waals surface area contributed by atoms with E-state index in [1.165, 1.54) is 59.5 Å². The first-order chi connectivity index (χ1) is 51.6. The second-order valence-corrected chi connectivity index (χ2v) is 28.2. The summed E-state index contributed by atoms with van der Waals surface area (Å²) in [6, 6.07) is 146. The molecule has 0 spiro atoms. The average Bonchev–Trinajstić information content (AvgIpc) is 0.687. The molecule has 16 aromatic carbocycles. The van der Waals surface area contributed by atoms with Crippen LogP contribution in [0.2, 0.25) is 0 Å². The fourth-order valence-electron chi connectivity index (χ4n) is 16.7. The van der Waals surface area contributed by atoms with Gasteiger partial charge in [0.25, 0.3) is 6.71 Å². The highest BCUT2D eigenvalue weighted by atomic mass is 32.2. The van der Waals surface area contributed by atoms with Crippen LogP contribution in [0.5, 0.6) is 0 Å². The molecule has 4 aliphatic rings. The second-order valence-electron chi connectivity index (χ2n) is 27.1. The topological polar surface area (TPSA) is 16.2 Å². The van der Waals surface area contributed by atoms with Gasteiger partial charge in [0.05, 0.1) is 11.4 Å². The van der Waals surface area contributed by atoms with E-state index in [1.54, 1.807) is 0 Å². The third-order valence-electron chi connectivity index (χ3n) is 21.2. The largest absolute Gasteiger partial charge is 0.311 e. The number of hydrogen-bond donors (Lipinski definition) is 0. The lowest BCUT2D eigenvalue weighted by Gasteiger charge is -2.46. The lowest BCUT2D eigenvalue weighted by atomic mass is 9.31. The molecule has 104 heavy (non-hydrogen) atoms. The SMILES string of the molecule is c1ccc(-c2ccc(N(c3cccc(-c4ccccc4)c3)c3cc4c5c(c3)N(c3c(-c6ccccc6)cccc3-c3ccccc3)c3cc6c(cc3B5c3ccccc3N4c3ccccc3)B3c4ccccc4N(c4ccccc4)c4cc(N(c5ccccc5)c5ccccc5)cc(c43)S6)cc2)cc1. The second kappa shape index (κ2) is 25.6. The van der Waals surface area contributed by atoms with Crippen molar-refractivity contribution in [3.63, 3.8) is 0 Å². The molecule has 0 bridgehead atoms. The van der Waals surface area contributed by atoms with Crippen LogP contribution in [0.25, 0.3) is 44.5 Å². The molecule has 0 aliphatic carbocycles. The fourth-order valence-corrected chi connectivity index (χ4v) is 18.0. The number of hydrogen-bond acceptors (Lipinski definition) is 6. The highest BCUT2D eigenvalue weighted by molar-refractivity contribution is 8.00. The molecule has 0 unspecified atom stereocenters. The van der Waals surface area contributed by atoms with Crippen LogP contribution in [0, 0.1) is 0 Å². The average molecular weight is 1340 g/mol. The first-order valence-corrected chi connectivity index (χ1v) is 36.6. The van der Waals surface area contributed by atoms with Crippen molar-refractivity contribution in [2.24, 2.45) is 0 Å². The Bertz CT molecular complexity index is 5820. The summed E-state index contributed by atoms with van der Waals surface area (Å²) in [5.41, 5.74) is 33.2. The molecule has 0 amide bonds. The molecular weight excluding hydrogens is 1280 g/mol. The third-order valence-corrected chi connectivity index (χ3v) is 22.3. The highest BCUT2D eigenvalue weighted by Crippen LogP contribution is 2.54. The maximum atomic E-state index is 2.70. The Balaban J connectivity index is 0.903. The Morgan fingerprint density at radius 2 is 0.596 bits per heavy atom. The molecule has 0 fully saturated rings. The van der Waals surface area contributed by atoms with Gasteiger partial charge in [-0.2, -0.15) is 0 Å². The monoisotopic (exact) mass is 1340 g/mol. The molecule has 8 heteroatoms. The molecule has 0 atom stereocenters. The van der Waals surface area contributed by atoms with Gasteiger partial charge in [0.1, 0.15) is 0 Å². The molecule has 0 saturated carbocycles. The molecule has 16 aromatic rings. The summed E-state index contributed by atoms with van der Waals surface area (Å²) in [6.07, 6.45) is 0. The van der Waals surface area contributed by atoms with Crippen molar-refractivity contribution in [1.29, 1.82) is 0 Å². The predicted molar refractivity (Wildman–Crippen MR) is 441 cm³/mol. The minimum atomic E-state index is -0.218. The van der Waals surface area contributed by atoms with E-state index < -0.39 is 0 Å². The zero-order valence-electron chi connectivity index (χ0n) is 56.8. The van der Waals surface area contributed by atoms with E-state index >= 15 is 0 Å². The molecule has 4 aliphatic heterocycles. The van der Waals surface area contributed by atoms with Gasteiger partial charge in [-0.3, -0.25) is 0 Å². The van der Waals surface area contributed by atoms with Crippen LogP contribution in [-0.4, -0.2) is 13.4 Å². The molecule has 0 radical (unpaired) electrons. The normalized spacial score (nSPS) is 12.7. The highest BCUT2D eigenvalue weighted by Gasteiger charge is 2.48. The van der Waals surface area contributed by atoms with Crippen molar-refractivity contribution in [3.05, 3.63) is 394 Å². The summed E-state index contributed by atoms with van der Waals surface area (Å²) in [5.74, 6) is 0. The van der Waals surface area contributed by atoms with E-state index in [0.717, 1.165) is 113 Å². The Kier molecular flexibility index (Phi) is 15.0. The molecule has 0 saturated heterocycles. The first-order valence-electron chi connectivity index (χ1n) is 35.8. The molecule has 0 aromatic heterocycles. The summed E-state index contributed by atoms with van der Waals surface area (Å²) in [7, 11) is 0. The maximum absolute atomic E-state index is 2.70. The van der Waals surface area contributed by atoms with Gasteiger partial charge in [0.15, 0.2) is 0 Å². The number of anilines is 15. The van der Waals surface area contributed by atoms with Crippen LogP contribution in [0.4, 0.5) is 85.3 Å². The molecule has 486 valence electrons. The van der Waals surface area contributed by atoms with Crippen LogP contribution in [0.1, 0.15) is 0 Å². The molecule has 0 N–H and O–H groups in total. The number of benzene rings is 16. The molecule has 20 rings (SSSR count). The van der Waals surface area contributed by atoms with Gasteiger partial charge in [-0.05, 0) is 176 Å². The summed E-state index contributed by atoms with van der Waals surface area (Å²) < 4.78 is 0. The molecule has 5 nitrogen and oxygen atoms in total. The van der Waals surface area contributed by atoms with Crippen molar-refractivity contribution in [2.45, 2.75) is 9.79 Å². The lowest BCUT2D eigenvalue weighted by molar-refractivity contribution is 1.22.